The Balaban J connectivity index is 2.29. The highest BCUT2D eigenvalue weighted by Crippen LogP contribution is 2.29. The molecule has 2 heteroatoms. The van der Waals surface area contributed by atoms with Crippen molar-refractivity contribution in [3.63, 3.8) is 0 Å². The molecule has 0 atom stereocenters. The fourth-order valence-electron chi connectivity index (χ4n) is 2.17. The summed E-state index contributed by atoms with van der Waals surface area (Å²) in [5.41, 5.74) is 3.16. The Labute approximate surface area is 97.5 Å². The lowest BCUT2D eigenvalue weighted by atomic mass is 9.96. The van der Waals surface area contributed by atoms with Gasteiger partial charge < -0.3 is 4.90 Å². The van der Waals surface area contributed by atoms with Gasteiger partial charge in [0, 0.05) is 13.1 Å². The summed E-state index contributed by atoms with van der Waals surface area (Å²) < 4.78 is 0. The monoisotopic (exact) mass is 214 g/mol. The summed E-state index contributed by atoms with van der Waals surface area (Å²) in [4.78, 5) is 2.29. The van der Waals surface area contributed by atoms with E-state index in [0.29, 0.717) is 5.92 Å². The second kappa shape index (κ2) is 4.17. The molecule has 0 aromatic heterocycles. The van der Waals surface area contributed by atoms with E-state index in [0.717, 1.165) is 30.3 Å². The fourth-order valence-corrected chi connectivity index (χ4v) is 2.17. The molecule has 1 aliphatic rings. The molecule has 1 heterocycles. The third-order valence-electron chi connectivity index (χ3n) is 3.21. The second-order valence-corrected chi connectivity index (χ2v) is 5.05. The first-order valence-electron chi connectivity index (χ1n) is 5.90. The first-order chi connectivity index (χ1) is 7.61. The first kappa shape index (κ1) is 11.0. The van der Waals surface area contributed by atoms with E-state index in [9.17, 15) is 5.26 Å². The summed E-state index contributed by atoms with van der Waals surface area (Å²) in [6, 6.07) is 8.58. The highest BCUT2D eigenvalue weighted by molar-refractivity contribution is 5.62. The van der Waals surface area contributed by atoms with Gasteiger partial charge in [-0.2, -0.15) is 5.26 Å². The third-order valence-corrected chi connectivity index (χ3v) is 3.21. The minimum absolute atomic E-state index is 0.483. The van der Waals surface area contributed by atoms with Crippen molar-refractivity contribution in [1.29, 1.82) is 5.26 Å². The molecule has 0 saturated carbocycles. The molecule has 0 spiro atoms. The summed E-state index contributed by atoms with van der Waals surface area (Å²) in [6.45, 7) is 8.71. The fraction of sp³-hybridized carbons (Fsp3) is 0.500. The maximum absolute atomic E-state index is 9.18. The molecule has 2 nitrogen and oxygen atoms in total. The van der Waals surface area contributed by atoms with Gasteiger partial charge >= 0.3 is 0 Å². The Hall–Kier alpha value is -1.49. The van der Waals surface area contributed by atoms with E-state index in [4.69, 9.17) is 0 Å². The van der Waals surface area contributed by atoms with Crippen molar-refractivity contribution in [3.8, 4) is 6.07 Å². The molecule has 2 rings (SSSR count). The molecule has 16 heavy (non-hydrogen) atoms. The number of nitrogens with zero attached hydrogens (tertiary/aromatic N) is 2. The van der Waals surface area contributed by atoms with E-state index in [1.165, 1.54) is 5.56 Å². The van der Waals surface area contributed by atoms with Crippen molar-refractivity contribution in [2.24, 2.45) is 5.92 Å². The summed E-state index contributed by atoms with van der Waals surface area (Å²) in [5.74, 6) is 1.24. The normalized spacial score (nSPS) is 16.1. The minimum Gasteiger partial charge on any atom is -0.370 e. The number of benzene rings is 1. The van der Waals surface area contributed by atoms with E-state index in [-0.39, 0.29) is 0 Å². The van der Waals surface area contributed by atoms with Crippen molar-refractivity contribution in [2.75, 3.05) is 18.0 Å². The molecular formula is C14H18N2. The molecule has 1 aromatic rings. The number of nitriles is 1. The molecule has 0 N–H and O–H groups in total. The molecule has 0 aliphatic carbocycles. The average Bonchev–Trinajstić information content (AvgIpc) is 2.24. The maximum Gasteiger partial charge on any atom is 0.101 e. The van der Waals surface area contributed by atoms with Gasteiger partial charge in [-0.1, -0.05) is 26.8 Å². The van der Waals surface area contributed by atoms with E-state index in [1.807, 2.05) is 6.07 Å². The third kappa shape index (κ3) is 1.90. The molecule has 84 valence electrons. The predicted molar refractivity (Wildman–Crippen MR) is 66.6 cm³/mol. The van der Waals surface area contributed by atoms with Crippen LogP contribution in [0.2, 0.25) is 0 Å². The zero-order chi connectivity index (χ0) is 11.7. The quantitative estimate of drug-likeness (QED) is 0.756. The Kier molecular flexibility index (Phi) is 2.87. The molecule has 1 aliphatic heterocycles. The van der Waals surface area contributed by atoms with E-state index < -0.39 is 0 Å². The predicted octanol–water partition coefficient (Wildman–Crippen LogP) is 3.14. The summed E-state index contributed by atoms with van der Waals surface area (Å²) >= 11 is 0. The molecule has 1 fully saturated rings. The number of hydrogen-bond donors (Lipinski definition) is 0. The highest BCUT2D eigenvalue weighted by atomic mass is 15.2. The van der Waals surface area contributed by atoms with Crippen LogP contribution in [0.4, 0.5) is 5.69 Å². The summed E-state index contributed by atoms with van der Waals surface area (Å²) in [7, 11) is 0. The van der Waals surface area contributed by atoms with Crippen LogP contribution in [0.5, 0.6) is 0 Å². The van der Waals surface area contributed by atoms with Gasteiger partial charge in [0.15, 0.2) is 0 Å². The first-order valence-corrected chi connectivity index (χ1v) is 5.90. The van der Waals surface area contributed by atoms with Gasteiger partial charge in [0.1, 0.15) is 6.07 Å². The molecule has 1 saturated heterocycles. The highest BCUT2D eigenvalue weighted by Gasteiger charge is 2.24. The topological polar surface area (TPSA) is 27.0 Å². The van der Waals surface area contributed by atoms with Crippen LogP contribution >= 0.6 is 0 Å². The molecule has 0 bridgehead atoms. The van der Waals surface area contributed by atoms with Crippen LogP contribution in [-0.2, 0) is 0 Å². The van der Waals surface area contributed by atoms with E-state index >= 15 is 0 Å². The van der Waals surface area contributed by atoms with E-state index in [2.05, 4.69) is 43.9 Å². The van der Waals surface area contributed by atoms with Crippen LogP contribution in [0, 0.1) is 17.2 Å². The van der Waals surface area contributed by atoms with Gasteiger partial charge in [-0.15, -0.1) is 0 Å². The van der Waals surface area contributed by atoms with E-state index in [1.54, 1.807) is 0 Å². The molecule has 1 aromatic carbocycles. The van der Waals surface area contributed by atoms with Gasteiger partial charge in [-0.25, -0.2) is 0 Å². The molecule has 0 amide bonds. The van der Waals surface area contributed by atoms with Crippen molar-refractivity contribution < 1.29 is 0 Å². The van der Waals surface area contributed by atoms with Crippen LogP contribution in [0.15, 0.2) is 18.2 Å². The van der Waals surface area contributed by atoms with Crippen molar-refractivity contribution >= 4 is 5.69 Å². The van der Waals surface area contributed by atoms with Crippen LogP contribution in [-0.4, -0.2) is 13.1 Å². The van der Waals surface area contributed by atoms with Crippen LogP contribution in [0.1, 0.15) is 37.8 Å². The molecular weight excluding hydrogens is 196 g/mol. The lowest BCUT2D eigenvalue weighted by molar-refractivity contribution is 0.447. The van der Waals surface area contributed by atoms with Gasteiger partial charge in [-0.3, -0.25) is 0 Å². The lowest BCUT2D eigenvalue weighted by Gasteiger charge is -2.39. The van der Waals surface area contributed by atoms with Crippen LogP contribution in [0.25, 0.3) is 0 Å². The Morgan fingerprint density at radius 2 is 2.06 bits per heavy atom. The SMILES string of the molecule is CC1CN(c2ccc(C(C)C)cc2C#N)C1. The second-order valence-electron chi connectivity index (χ2n) is 5.05. The van der Waals surface area contributed by atoms with Gasteiger partial charge in [0.05, 0.1) is 11.3 Å². The van der Waals surface area contributed by atoms with Crippen LogP contribution < -0.4 is 4.90 Å². The number of rotatable bonds is 2. The molecule has 0 radical (unpaired) electrons. The van der Waals surface area contributed by atoms with Gasteiger partial charge in [0.25, 0.3) is 0 Å². The average molecular weight is 214 g/mol. The standard InChI is InChI=1S/C14H18N2/c1-10(2)12-4-5-14(13(6-12)7-15)16-8-11(3)9-16/h4-6,10-11H,8-9H2,1-3H3. The largest absolute Gasteiger partial charge is 0.370 e. The van der Waals surface area contributed by atoms with Gasteiger partial charge in [-0.05, 0) is 29.5 Å². The number of anilines is 1. The molecule has 0 unspecified atom stereocenters. The zero-order valence-corrected chi connectivity index (χ0v) is 10.2. The van der Waals surface area contributed by atoms with Crippen molar-refractivity contribution in [2.45, 2.75) is 26.7 Å². The smallest absolute Gasteiger partial charge is 0.101 e. The van der Waals surface area contributed by atoms with Crippen molar-refractivity contribution in [3.05, 3.63) is 29.3 Å². The Morgan fingerprint density at radius 1 is 1.38 bits per heavy atom. The van der Waals surface area contributed by atoms with Crippen LogP contribution in [0.3, 0.4) is 0 Å². The minimum atomic E-state index is 0.483. The maximum atomic E-state index is 9.18. The summed E-state index contributed by atoms with van der Waals surface area (Å²) in [6.07, 6.45) is 0. The van der Waals surface area contributed by atoms with Crippen molar-refractivity contribution in [1.82, 2.24) is 0 Å². The lowest BCUT2D eigenvalue weighted by Crippen LogP contribution is -2.45. The Bertz CT molecular complexity index is 423. The summed E-state index contributed by atoms with van der Waals surface area (Å²) in [5, 5.41) is 9.18. The Morgan fingerprint density at radius 3 is 2.56 bits per heavy atom. The zero-order valence-electron chi connectivity index (χ0n) is 10.2. The van der Waals surface area contributed by atoms with Gasteiger partial charge in [0.2, 0.25) is 0 Å². The number of hydrogen-bond acceptors (Lipinski definition) is 2.